The molecule has 1 aromatic carbocycles. The fourth-order valence-corrected chi connectivity index (χ4v) is 1.93. The summed E-state index contributed by atoms with van der Waals surface area (Å²) in [4.78, 5) is 23.2. The third-order valence-electron chi connectivity index (χ3n) is 3.21. The predicted molar refractivity (Wildman–Crippen MR) is 81.2 cm³/mol. The van der Waals surface area contributed by atoms with E-state index in [0.29, 0.717) is 6.42 Å². The number of ketones is 1. The van der Waals surface area contributed by atoms with Crippen LogP contribution < -0.4 is 4.74 Å². The van der Waals surface area contributed by atoms with E-state index < -0.39 is 5.97 Å². The second-order valence-corrected chi connectivity index (χ2v) is 5.03. The van der Waals surface area contributed by atoms with Gasteiger partial charge in [0.2, 0.25) is 0 Å². The first-order chi connectivity index (χ1) is 10.2. The van der Waals surface area contributed by atoms with Crippen molar-refractivity contribution in [3.8, 4) is 5.75 Å². The Bertz CT molecular complexity index is 437. The van der Waals surface area contributed by atoms with Crippen LogP contribution >= 0.6 is 0 Å². The zero-order valence-corrected chi connectivity index (χ0v) is 12.9. The van der Waals surface area contributed by atoms with E-state index in [1.54, 1.807) is 7.11 Å². The molecule has 0 heterocycles. The van der Waals surface area contributed by atoms with Crippen molar-refractivity contribution in [2.75, 3.05) is 7.11 Å². The summed E-state index contributed by atoms with van der Waals surface area (Å²) in [6.45, 7) is 2.31. The quantitative estimate of drug-likeness (QED) is 0.375. The van der Waals surface area contributed by atoms with Crippen LogP contribution in [0.25, 0.3) is 0 Å². The molecule has 0 atom stereocenters. The number of hydrogen-bond acceptors (Lipinski definition) is 4. The van der Waals surface area contributed by atoms with Gasteiger partial charge < -0.3 is 9.47 Å². The molecule has 0 aliphatic heterocycles. The highest BCUT2D eigenvalue weighted by Crippen LogP contribution is 2.12. The molecule has 0 amide bonds. The summed E-state index contributed by atoms with van der Waals surface area (Å²) in [5.41, 5.74) is 0.875. The number of ether oxygens (including phenoxy) is 2. The van der Waals surface area contributed by atoms with Gasteiger partial charge >= 0.3 is 5.97 Å². The van der Waals surface area contributed by atoms with Crippen molar-refractivity contribution in [1.82, 2.24) is 0 Å². The Morgan fingerprint density at radius 3 is 2.38 bits per heavy atom. The SMILES string of the molecule is CCCCCCC(=O)CC(=O)OCc1ccc(OC)cc1. The van der Waals surface area contributed by atoms with Crippen molar-refractivity contribution >= 4 is 11.8 Å². The van der Waals surface area contributed by atoms with E-state index >= 15 is 0 Å². The number of Topliss-reactive ketones (excluding diaryl/α,β-unsaturated/α-hetero) is 1. The molecule has 0 aliphatic rings. The van der Waals surface area contributed by atoms with E-state index in [-0.39, 0.29) is 18.8 Å². The normalized spacial score (nSPS) is 10.2. The van der Waals surface area contributed by atoms with E-state index in [1.807, 2.05) is 24.3 Å². The van der Waals surface area contributed by atoms with Crippen molar-refractivity contribution in [2.24, 2.45) is 0 Å². The molecule has 0 aliphatic carbocycles. The van der Waals surface area contributed by atoms with Crippen molar-refractivity contribution < 1.29 is 19.1 Å². The summed E-state index contributed by atoms with van der Waals surface area (Å²) < 4.78 is 10.1. The van der Waals surface area contributed by atoms with Crippen molar-refractivity contribution in [3.05, 3.63) is 29.8 Å². The minimum atomic E-state index is -0.452. The van der Waals surface area contributed by atoms with E-state index in [4.69, 9.17) is 9.47 Å². The monoisotopic (exact) mass is 292 g/mol. The summed E-state index contributed by atoms with van der Waals surface area (Å²) in [5, 5.41) is 0. The molecular formula is C17H24O4. The van der Waals surface area contributed by atoms with Gasteiger partial charge in [-0.25, -0.2) is 0 Å². The molecule has 0 spiro atoms. The Morgan fingerprint density at radius 1 is 1.05 bits per heavy atom. The number of hydrogen-bond donors (Lipinski definition) is 0. The summed E-state index contributed by atoms with van der Waals surface area (Å²) in [7, 11) is 1.60. The lowest BCUT2D eigenvalue weighted by Gasteiger charge is -2.06. The zero-order chi connectivity index (χ0) is 15.5. The summed E-state index contributed by atoms with van der Waals surface area (Å²) >= 11 is 0. The van der Waals surface area contributed by atoms with Crippen LogP contribution in [0.4, 0.5) is 0 Å². The van der Waals surface area contributed by atoms with Gasteiger partial charge in [0.15, 0.2) is 0 Å². The second kappa shape index (κ2) is 9.97. The minimum Gasteiger partial charge on any atom is -0.497 e. The fraction of sp³-hybridized carbons (Fsp3) is 0.529. The number of unbranched alkanes of at least 4 members (excludes halogenated alkanes) is 3. The number of esters is 1. The van der Waals surface area contributed by atoms with E-state index in [0.717, 1.165) is 37.0 Å². The van der Waals surface area contributed by atoms with Gasteiger partial charge in [0.05, 0.1) is 7.11 Å². The molecule has 0 N–H and O–H groups in total. The number of rotatable bonds is 10. The first kappa shape index (κ1) is 17.2. The molecule has 0 saturated carbocycles. The Hall–Kier alpha value is -1.84. The van der Waals surface area contributed by atoms with Crippen LogP contribution in [0.15, 0.2) is 24.3 Å². The lowest BCUT2D eigenvalue weighted by molar-refractivity contribution is -0.147. The van der Waals surface area contributed by atoms with Crippen LogP contribution in [0.1, 0.15) is 51.0 Å². The Kier molecular flexibility index (Phi) is 8.17. The van der Waals surface area contributed by atoms with Gasteiger partial charge in [-0.3, -0.25) is 9.59 Å². The predicted octanol–water partition coefficient (Wildman–Crippen LogP) is 3.67. The number of carbonyl (C=O) groups is 2. The van der Waals surface area contributed by atoms with Gasteiger partial charge in [0.1, 0.15) is 24.6 Å². The van der Waals surface area contributed by atoms with Crippen LogP contribution in [0.5, 0.6) is 5.75 Å². The van der Waals surface area contributed by atoms with Gasteiger partial charge in [-0.05, 0) is 24.1 Å². The van der Waals surface area contributed by atoms with Crippen LogP contribution in [0.2, 0.25) is 0 Å². The highest BCUT2D eigenvalue weighted by Gasteiger charge is 2.10. The Morgan fingerprint density at radius 2 is 1.76 bits per heavy atom. The molecule has 0 bridgehead atoms. The van der Waals surface area contributed by atoms with Gasteiger partial charge in [0, 0.05) is 6.42 Å². The molecule has 4 heteroatoms. The van der Waals surface area contributed by atoms with Crippen LogP contribution in [0, 0.1) is 0 Å². The molecule has 0 unspecified atom stereocenters. The van der Waals surface area contributed by atoms with E-state index in [1.165, 1.54) is 0 Å². The molecule has 0 aromatic heterocycles. The largest absolute Gasteiger partial charge is 0.497 e. The Balaban J connectivity index is 2.22. The molecule has 0 saturated heterocycles. The van der Waals surface area contributed by atoms with Crippen LogP contribution in [0.3, 0.4) is 0 Å². The first-order valence-corrected chi connectivity index (χ1v) is 7.46. The van der Waals surface area contributed by atoms with Gasteiger partial charge in [0.25, 0.3) is 0 Å². The first-order valence-electron chi connectivity index (χ1n) is 7.46. The molecule has 21 heavy (non-hydrogen) atoms. The van der Waals surface area contributed by atoms with E-state index in [2.05, 4.69) is 6.92 Å². The average Bonchev–Trinajstić information content (AvgIpc) is 2.50. The second-order valence-electron chi connectivity index (χ2n) is 5.03. The maximum absolute atomic E-state index is 11.6. The molecule has 1 rings (SSSR count). The van der Waals surface area contributed by atoms with E-state index in [9.17, 15) is 9.59 Å². The maximum atomic E-state index is 11.6. The van der Waals surface area contributed by atoms with Gasteiger partial charge in [-0.15, -0.1) is 0 Å². The number of methoxy groups -OCH3 is 1. The lowest BCUT2D eigenvalue weighted by atomic mass is 10.1. The third-order valence-corrected chi connectivity index (χ3v) is 3.21. The van der Waals surface area contributed by atoms with Crippen LogP contribution in [-0.4, -0.2) is 18.9 Å². The summed E-state index contributed by atoms with van der Waals surface area (Å²) in [6.07, 6.45) is 4.52. The summed E-state index contributed by atoms with van der Waals surface area (Å²) in [5.74, 6) is 0.268. The van der Waals surface area contributed by atoms with Crippen molar-refractivity contribution in [3.63, 3.8) is 0 Å². The standard InChI is InChI=1S/C17H24O4/c1-3-4-5-6-7-15(18)12-17(19)21-13-14-8-10-16(20-2)11-9-14/h8-11H,3-7,12-13H2,1-2H3. The maximum Gasteiger partial charge on any atom is 0.313 e. The van der Waals surface area contributed by atoms with Crippen LogP contribution in [-0.2, 0) is 20.9 Å². The topological polar surface area (TPSA) is 52.6 Å². The van der Waals surface area contributed by atoms with Crippen molar-refractivity contribution in [2.45, 2.75) is 52.1 Å². The van der Waals surface area contributed by atoms with Gasteiger partial charge in [-0.1, -0.05) is 38.3 Å². The number of carbonyl (C=O) groups excluding carboxylic acids is 2. The zero-order valence-electron chi connectivity index (χ0n) is 12.9. The smallest absolute Gasteiger partial charge is 0.313 e. The summed E-state index contributed by atoms with van der Waals surface area (Å²) in [6, 6.07) is 7.28. The third kappa shape index (κ3) is 7.49. The fourth-order valence-electron chi connectivity index (χ4n) is 1.93. The lowest BCUT2D eigenvalue weighted by Crippen LogP contribution is -2.11. The van der Waals surface area contributed by atoms with Gasteiger partial charge in [-0.2, -0.15) is 0 Å². The Labute approximate surface area is 126 Å². The molecule has 1 aromatic rings. The minimum absolute atomic E-state index is 0.0363. The molecular weight excluding hydrogens is 268 g/mol. The molecule has 4 nitrogen and oxygen atoms in total. The van der Waals surface area contributed by atoms with Crippen molar-refractivity contribution in [1.29, 1.82) is 0 Å². The highest BCUT2D eigenvalue weighted by molar-refractivity contribution is 5.95. The number of benzene rings is 1. The average molecular weight is 292 g/mol. The highest BCUT2D eigenvalue weighted by atomic mass is 16.5. The molecule has 116 valence electrons. The molecule has 0 radical (unpaired) electrons. The molecule has 0 fully saturated rings.